The number of nitrogens with one attached hydrogen (secondary N) is 1. The summed E-state index contributed by atoms with van der Waals surface area (Å²) in [5, 5.41) is 6.23. The molecule has 1 aliphatic rings. The first-order chi connectivity index (χ1) is 15.0. The zero-order chi connectivity index (χ0) is 21.8. The number of carbonyl (C=O) groups excluding carboxylic acids is 1. The van der Waals surface area contributed by atoms with Crippen LogP contribution in [0.3, 0.4) is 0 Å². The van der Waals surface area contributed by atoms with Crippen molar-refractivity contribution in [2.45, 2.75) is 39.5 Å². The van der Waals surface area contributed by atoms with Gasteiger partial charge in [-0.3, -0.25) is 4.79 Å². The Bertz CT molecular complexity index is 1110. The van der Waals surface area contributed by atoms with Gasteiger partial charge in [-0.15, -0.1) is 11.3 Å². The molecule has 31 heavy (non-hydrogen) atoms. The number of nitrogens with zero attached hydrogens (tertiary/aromatic N) is 5. The van der Waals surface area contributed by atoms with Gasteiger partial charge < -0.3 is 10.2 Å². The molecule has 0 radical (unpaired) electrons. The van der Waals surface area contributed by atoms with Crippen LogP contribution in [0.5, 0.6) is 0 Å². The lowest BCUT2D eigenvalue weighted by Crippen LogP contribution is -2.38. The minimum absolute atomic E-state index is 0.0171. The summed E-state index contributed by atoms with van der Waals surface area (Å²) in [5.41, 5.74) is 2.73. The van der Waals surface area contributed by atoms with Crippen LogP contribution in [-0.4, -0.2) is 43.8 Å². The van der Waals surface area contributed by atoms with Gasteiger partial charge in [0, 0.05) is 42.2 Å². The van der Waals surface area contributed by atoms with Crippen molar-refractivity contribution in [3.63, 3.8) is 0 Å². The Morgan fingerprint density at radius 3 is 2.81 bits per heavy atom. The quantitative estimate of drug-likeness (QED) is 0.599. The first kappa shape index (κ1) is 21.1. The van der Waals surface area contributed by atoms with E-state index < -0.39 is 0 Å². The molecule has 1 aliphatic heterocycles. The summed E-state index contributed by atoms with van der Waals surface area (Å²) in [4.78, 5) is 32.7. The van der Waals surface area contributed by atoms with Crippen LogP contribution in [0.25, 0.3) is 6.08 Å². The van der Waals surface area contributed by atoms with Crippen LogP contribution >= 0.6 is 11.3 Å². The molecule has 4 heterocycles. The van der Waals surface area contributed by atoms with Crippen LogP contribution in [-0.2, 0) is 4.79 Å². The predicted molar refractivity (Wildman–Crippen MR) is 123 cm³/mol. The number of rotatable bonds is 5. The monoisotopic (exact) mass is 434 g/mol. The molecule has 0 spiro atoms. The fourth-order valence-corrected chi connectivity index (χ4v) is 4.33. The highest BCUT2D eigenvalue weighted by molar-refractivity contribution is 7.09. The van der Waals surface area contributed by atoms with Crippen LogP contribution in [0.2, 0.25) is 0 Å². The van der Waals surface area contributed by atoms with Crippen molar-refractivity contribution in [2.75, 3.05) is 18.4 Å². The number of likely N-dealkylation sites (tertiary alicyclic amines) is 1. The lowest BCUT2D eigenvalue weighted by Gasteiger charge is -2.32. The van der Waals surface area contributed by atoms with Gasteiger partial charge in [0.2, 0.25) is 5.91 Å². The molecule has 160 valence electrons. The number of hydrogen-bond acceptors (Lipinski definition) is 7. The van der Waals surface area contributed by atoms with Crippen molar-refractivity contribution in [1.82, 2.24) is 24.8 Å². The van der Waals surface area contributed by atoms with Crippen molar-refractivity contribution >= 4 is 35.0 Å². The number of anilines is 2. The van der Waals surface area contributed by atoms with Crippen LogP contribution in [0.15, 0.2) is 35.7 Å². The first-order valence-corrected chi connectivity index (χ1v) is 11.3. The maximum atomic E-state index is 12.7. The van der Waals surface area contributed by atoms with Crippen LogP contribution in [0.1, 0.15) is 46.7 Å². The molecule has 3 aromatic heterocycles. The standard InChI is InChI=1S/C23H26N6OS/c1-15-6-4-8-21(24-15)28-22-12-20(25-16(2)26-22)18-7-5-11-29(13-18)23(30)10-9-19-14-31-17(3)27-19/h4,6,8-10,12,14,18H,5,7,11,13H2,1-3H3,(H,24,25,26,28)/b10-9+/t18-/m0/s1. The van der Waals surface area contributed by atoms with Crippen molar-refractivity contribution in [3.05, 3.63) is 63.6 Å². The zero-order valence-electron chi connectivity index (χ0n) is 18.0. The summed E-state index contributed by atoms with van der Waals surface area (Å²) in [5.74, 6) is 2.38. The summed E-state index contributed by atoms with van der Waals surface area (Å²) in [6.07, 6.45) is 5.36. The molecule has 7 nitrogen and oxygen atoms in total. The molecule has 1 atom stereocenters. The van der Waals surface area contributed by atoms with E-state index >= 15 is 0 Å². The lowest BCUT2D eigenvalue weighted by molar-refractivity contribution is -0.127. The van der Waals surface area contributed by atoms with Gasteiger partial charge in [0.15, 0.2) is 0 Å². The third kappa shape index (κ3) is 5.52. The van der Waals surface area contributed by atoms with E-state index in [0.29, 0.717) is 12.4 Å². The minimum Gasteiger partial charge on any atom is -0.338 e. The molecule has 8 heteroatoms. The van der Waals surface area contributed by atoms with Gasteiger partial charge in [-0.25, -0.2) is 19.9 Å². The Morgan fingerprint density at radius 2 is 2.03 bits per heavy atom. The summed E-state index contributed by atoms with van der Waals surface area (Å²) in [7, 11) is 0. The number of carbonyl (C=O) groups is 1. The maximum Gasteiger partial charge on any atom is 0.246 e. The SMILES string of the molecule is Cc1cccc(Nc2cc([C@H]3CCCN(C(=O)/C=C/c4csc(C)n4)C3)nc(C)n2)n1. The number of amides is 1. The van der Waals surface area contributed by atoms with E-state index in [2.05, 4.69) is 25.3 Å². The lowest BCUT2D eigenvalue weighted by atomic mass is 9.94. The minimum atomic E-state index is 0.0171. The van der Waals surface area contributed by atoms with Crippen LogP contribution < -0.4 is 5.32 Å². The number of aryl methyl sites for hydroxylation is 3. The molecular weight excluding hydrogens is 408 g/mol. The molecule has 1 N–H and O–H groups in total. The second-order valence-electron chi connectivity index (χ2n) is 7.76. The molecule has 1 amide bonds. The second kappa shape index (κ2) is 9.34. The van der Waals surface area contributed by atoms with Crippen molar-refractivity contribution in [3.8, 4) is 0 Å². The third-order valence-electron chi connectivity index (χ3n) is 5.19. The molecule has 0 aromatic carbocycles. The molecule has 0 aliphatic carbocycles. The highest BCUT2D eigenvalue weighted by Crippen LogP contribution is 2.28. The summed E-state index contributed by atoms with van der Waals surface area (Å²) in [6, 6.07) is 7.81. The molecule has 3 aromatic rings. The molecule has 0 saturated carbocycles. The Morgan fingerprint density at radius 1 is 1.16 bits per heavy atom. The number of piperidine rings is 1. The van der Waals surface area contributed by atoms with Gasteiger partial charge in [-0.05, 0) is 51.8 Å². The fourth-order valence-electron chi connectivity index (χ4n) is 3.75. The molecule has 4 rings (SSSR count). The topological polar surface area (TPSA) is 83.9 Å². The van der Waals surface area contributed by atoms with E-state index in [4.69, 9.17) is 0 Å². The van der Waals surface area contributed by atoms with Crippen LogP contribution in [0.4, 0.5) is 11.6 Å². The predicted octanol–water partition coefficient (Wildman–Crippen LogP) is 4.42. The van der Waals surface area contributed by atoms with Gasteiger partial charge in [0.1, 0.15) is 17.5 Å². The molecule has 0 bridgehead atoms. The summed E-state index contributed by atoms with van der Waals surface area (Å²) in [6.45, 7) is 7.22. The average Bonchev–Trinajstić information content (AvgIpc) is 3.17. The molecule has 1 fully saturated rings. The maximum absolute atomic E-state index is 12.7. The van der Waals surface area contributed by atoms with E-state index in [1.165, 1.54) is 0 Å². The fraction of sp³-hybridized carbons (Fsp3) is 0.348. The zero-order valence-corrected chi connectivity index (χ0v) is 18.8. The first-order valence-electron chi connectivity index (χ1n) is 10.4. The van der Waals surface area contributed by atoms with Crippen molar-refractivity contribution in [1.29, 1.82) is 0 Å². The largest absolute Gasteiger partial charge is 0.338 e. The second-order valence-corrected chi connectivity index (χ2v) is 8.82. The smallest absolute Gasteiger partial charge is 0.246 e. The summed E-state index contributed by atoms with van der Waals surface area (Å²) < 4.78 is 0. The number of thiazole rings is 1. The normalized spacial score (nSPS) is 16.6. The van der Waals surface area contributed by atoms with E-state index in [0.717, 1.165) is 53.1 Å². The van der Waals surface area contributed by atoms with Gasteiger partial charge in [-0.1, -0.05) is 6.07 Å². The summed E-state index contributed by atoms with van der Waals surface area (Å²) >= 11 is 1.58. The average molecular weight is 435 g/mol. The molecule has 0 unspecified atom stereocenters. The van der Waals surface area contributed by atoms with Crippen molar-refractivity contribution in [2.24, 2.45) is 0 Å². The Kier molecular flexibility index (Phi) is 6.36. The molecule has 1 saturated heterocycles. The van der Waals surface area contributed by atoms with Gasteiger partial charge >= 0.3 is 0 Å². The van der Waals surface area contributed by atoms with Crippen molar-refractivity contribution < 1.29 is 4.79 Å². The van der Waals surface area contributed by atoms with E-state index in [1.807, 2.05) is 55.3 Å². The Balaban J connectivity index is 1.46. The van der Waals surface area contributed by atoms with Gasteiger partial charge in [0.25, 0.3) is 0 Å². The third-order valence-corrected chi connectivity index (χ3v) is 5.98. The molecular formula is C23H26N6OS. The van der Waals surface area contributed by atoms with E-state index in [-0.39, 0.29) is 11.8 Å². The number of aromatic nitrogens is 4. The highest BCUT2D eigenvalue weighted by Gasteiger charge is 2.25. The van der Waals surface area contributed by atoms with Gasteiger partial charge in [-0.2, -0.15) is 0 Å². The number of hydrogen-bond donors (Lipinski definition) is 1. The van der Waals surface area contributed by atoms with Crippen LogP contribution in [0, 0.1) is 20.8 Å². The Hall–Kier alpha value is -3.13. The van der Waals surface area contributed by atoms with E-state index in [9.17, 15) is 4.79 Å². The van der Waals surface area contributed by atoms with E-state index in [1.54, 1.807) is 23.5 Å². The highest BCUT2D eigenvalue weighted by atomic mass is 32.1. The number of pyridine rings is 1. The Labute approximate surface area is 186 Å². The van der Waals surface area contributed by atoms with Gasteiger partial charge in [0.05, 0.1) is 16.4 Å².